The number of rotatable bonds is 21. The maximum Gasteiger partial charge on any atom is 0.169 e. The summed E-state index contributed by atoms with van der Waals surface area (Å²) in [6, 6.07) is 9.08. The number of nitrogens with zero attached hydrogens (tertiary/aromatic N) is 2. The fraction of sp³-hybridized carbons (Fsp3) is 0.688. The molecule has 0 fully saturated rings. The number of unbranched alkanes of at least 4 members (excludes halogenated alkanes) is 16. The van der Waals surface area contributed by atoms with Crippen LogP contribution in [0.1, 0.15) is 129 Å². The van der Waals surface area contributed by atoms with Gasteiger partial charge in [0.15, 0.2) is 24.8 Å². The third-order valence-corrected chi connectivity index (χ3v) is 7.16. The first-order chi connectivity index (χ1) is 16.8. The van der Waals surface area contributed by atoms with Crippen LogP contribution >= 0.6 is 0 Å². The van der Waals surface area contributed by atoms with Crippen LogP contribution in [-0.2, 0) is 13.1 Å². The van der Waals surface area contributed by atoms with E-state index < -0.39 is 0 Å². The molecule has 0 saturated heterocycles. The van der Waals surface area contributed by atoms with Crippen LogP contribution in [0.4, 0.5) is 0 Å². The molecule has 4 heteroatoms. The van der Waals surface area contributed by atoms with E-state index in [0.717, 1.165) is 13.1 Å². The second kappa shape index (κ2) is 24.6. The van der Waals surface area contributed by atoms with Crippen molar-refractivity contribution in [2.24, 2.45) is 0 Å². The van der Waals surface area contributed by atoms with E-state index in [9.17, 15) is 0 Å². The highest BCUT2D eigenvalue weighted by molar-refractivity contribution is 5.60. The van der Waals surface area contributed by atoms with Gasteiger partial charge in [-0.25, -0.2) is 9.13 Å². The molecule has 206 valence electrons. The molecule has 0 aliphatic rings. The van der Waals surface area contributed by atoms with Gasteiger partial charge in [0.2, 0.25) is 0 Å². The Morgan fingerprint density at radius 1 is 0.389 bits per heavy atom. The first-order valence-electron chi connectivity index (χ1n) is 14.8. The van der Waals surface area contributed by atoms with Gasteiger partial charge in [0.05, 0.1) is 0 Å². The first kappa shape index (κ1) is 35.3. The van der Waals surface area contributed by atoms with Crippen molar-refractivity contribution in [3.05, 3.63) is 49.1 Å². The molecule has 36 heavy (non-hydrogen) atoms. The van der Waals surface area contributed by atoms with Gasteiger partial charge in [-0.3, -0.25) is 0 Å². The minimum atomic E-state index is 0. The quantitative estimate of drug-likeness (QED) is 0.149. The number of pyridine rings is 2. The zero-order chi connectivity index (χ0) is 24.1. The van der Waals surface area contributed by atoms with E-state index in [2.05, 4.69) is 72.0 Å². The maximum absolute atomic E-state index is 2.35. The SMILES string of the molecule is CCCCCCCCCCCCCC[n+]1ccc(-c2cc[n+](CCCCCCCC)cc2)cc1.[Br-].[Br-]. The monoisotopic (exact) mass is 624 g/mol. The van der Waals surface area contributed by atoms with Gasteiger partial charge in [-0.2, -0.15) is 0 Å². The topological polar surface area (TPSA) is 7.76 Å². The van der Waals surface area contributed by atoms with Crippen molar-refractivity contribution in [3.63, 3.8) is 0 Å². The summed E-state index contributed by atoms with van der Waals surface area (Å²) < 4.78 is 4.68. The van der Waals surface area contributed by atoms with E-state index in [1.165, 1.54) is 127 Å². The maximum atomic E-state index is 2.35. The Labute approximate surface area is 244 Å². The summed E-state index contributed by atoms with van der Waals surface area (Å²) in [6.45, 7) is 6.86. The Bertz CT molecular complexity index is 716. The van der Waals surface area contributed by atoms with Gasteiger partial charge < -0.3 is 34.0 Å². The fourth-order valence-corrected chi connectivity index (χ4v) is 4.81. The lowest BCUT2D eigenvalue weighted by Crippen LogP contribution is -3.00. The van der Waals surface area contributed by atoms with Crippen LogP contribution < -0.4 is 43.1 Å². The largest absolute Gasteiger partial charge is 1.00 e. The third kappa shape index (κ3) is 16.9. The van der Waals surface area contributed by atoms with Crippen molar-refractivity contribution in [3.8, 4) is 11.1 Å². The van der Waals surface area contributed by atoms with Crippen LogP contribution in [0.25, 0.3) is 11.1 Å². The highest BCUT2D eigenvalue weighted by Gasteiger charge is 2.06. The van der Waals surface area contributed by atoms with Gasteiger partial charge >= 0.3 is 0 Å². The summed E-state index contributed by atoms with van der Waals surface area (Å²) >= 11 is 0. The molecular weight excluding hydrogens is 572 g/mol. The van der Waals surface area contributed by atoms with Crippen LogP contribution in [0, 0.1) is 0 Å². The third-order valence-electron chi connectivity index (χ3n) is 7.16. The first-order valence-corrected chi connectivity index (χ1v) is 14.8. The van der Waals surface area contributed by atoms with Crippen molar-refractivity contribution in [2.45, 2.75) is 143 Å². The fourth-order valence-electron chi connectivity index (χ4n) is 4.81. The van der Waals surface area contributed by atoms with Crippen LogP contribution in [0.3, 0.4) is 0 Å². The molecule has 0 spiro atoms. The molecule has 2 aromatic heterocycles. The van der Waals surface area contributed by atoms with Gasteiger partial charge in [0.25, 0.3) is 0 Å². The van der Waals surface area contributed by atoms with Gasteiger partial charge in [-0.15, -0.1) is 0 Å². The van der Waals surface area contributed by atoms with E-state index >= 15 is 0 Å². The van der Waals surface area contributed by atoms with E-state index in [0.29, 0.717) is 0 Å². The Kier molecular flexibility index (Phi) is 24.1. The van der Waals surface area contributed by atoms with E-state index in [1.807, 2.05) is 0 Å². The molecule has 2 nitrogen and oxygen atoms in total. The molecule has 0 amide bonds. The predicted octanol–water partition coefficient (Wildman–Crippen LogP) is 3.00. The van der Waals surface area contributed by atoms with Crippen LogP contribution in [0.15, 0.2) is 49.1 Å². The molecule has 0 saturated carbocycles. The van der Waals surface area contributed by atoms with Crippen molar-refractivity contribution >= 4 is 0 Å². The summed E-state index contributed by atoms with van der Waals surface area (Å²) in [5.41, 5.74) is 2.63. The van der Waals surface area contributed by atoms with E-state index in [-0.39, 0.29) is 34.0 Å². The molecule has 0 unspecified atom stereocenters. The average molecular weight is 627 g/mol. The minimum Gasteiger partial charge on any atom is -1.00 e. The highest BCUT2D eigenvalue weighted by atomic mass is 79.9. The lowest BCUT2D eigenvalue weighted by atomic mass is 10.1. The number of hydrogen-bond acceptors (Lipinski definition) is 0. The molecule has 0 N–H and O–H groups in total. The smallest absolute Gasteiger partial charge is 0.169 e. The number of hydrogen-bond donors (Lipinski definition) is 0. The van der Waals surface area contributed by atoms with Crippen molar-refractivity contribution in [2.75, 3.05) is 0 Å². The zero-order valence-electron chi connectivity index (χ0n) is 23.4. The van der Waals surface area contributed by atoms with Gasteiger partial charge in [-0.1, -0.05) is 104 Å². The molecule has 0 aromatic carbocycles. The predicted molar refractivity (Wildman–Crippen MR) is 147 cm³/mol. The molecule has 0 bridgehead atoms. The lowest BCUT2D eigenvalue weighted by molar-refractivity contribution is -0.697. The molecule has 2 aromatic rings. The van der Waals surface area contributed by atoms with Gasteiger partial charge in [-0.05, 0) is 24.0 Å². The van der Waals surface area contributed by atoms with Crippen molar-refractivity contribution < 1.29 is 43.1 Å². The van der Waals surface area contributed by atoms with Crippen LogP contribution in [-0.4, -0.2) is 0 Å². The normalized spacial score (nSPS) is 10.6. The Morgan fingerprint density at radius 2 is 0.639 bits per heavy atom. The Morgan fingerprint density at radius 3 is 0.917 bits per heavy atom. The molecule has 0 aliphatic heterocycles. The van der Waals surface area contributed by atoms with Crippen LogP contribution in [0.5, 0.6) is 0 Å². The number of halogens is 2. The Balaban J connectivity index is 0.00000612. The highest BCUT2D eigenvalue weighted by Crippen LogP contribution is 2.16. The Hall–Kier alpha value is -0.740. The molecule has 2 rings (SSSR count). The summed E-state index contributed by atoms with van der Waals surface area (Å²) in [4.78, 5) is 0. The van der Waals surface area contributed by atoms with Crippen molar-refractivity contribution in [1.29, 1.82) is 0 Å². The van der Waals surface area contributed by atoms with E-state index in [4.69, 9.17) is 0 Å². The molecule has 0 atom stereocenters. The number of aryl methyl sites for hydroxylation is 2. The summed E-state index contributed by atoms with van der Waals surface area (Å²) in [5.74, 6) is 0. The van der Waals surface area contributed by atoms with Gasteiger partial charge in [0, 0.05) is 37.1 Å². The summed E-state index contributed by atoms with van der Waals surface area (Å²) in [7, 11) is 0. The number of aromatic nitrogens is 2. The van der Waals surface area contributed by atoms with Gasteiger partial charge in [0.1, 0.15) is 13.1 Å². The second-order valence-corrected chi connectivity index (χ2v) is 10.3. The summed E-state index contributed by atoms with van der Waals surface area (Å²) in [6.07, 6.45) is 34.1. The molecule has 0 radical (unpaired) electrons. The second-order valence-electron chi connectivity index (χ2n) is 10.3. The van der Waals surface area contributed by atoms with E-state index in [1.54, 1.807) is 0 Å². The van der Waals surface area contributed by atoms with Crippen LogP contribution in [0.2, 0.25) is 0 Å². The standard InChI is InChI=1S/C32H54N2.2BrH/c1-3-5-7-9-11-12-13-14-15-16-18-20-26-34-29-23-32(24-30-34)31-21-27-33(28-22-31)25-19-17-10-8-6-4-2;;/h21-24,27-30H,3-20,25-26H2,1-2H3;2*1H/q+2;;/p-2. The zero-order valence-corrected chi connectivity index (χ0v) is 26.6. The molecule has 2 heterocycles. The lowest BCUT2D eigenvalue weighted by Gasteiger charge is -2.03. The van der Waals surface area contributed by atoms with Crippen molar-refractivity contribution in [1.82, 2.24) is 0 Å². The molecule has 0 aliphatic carbocycles. The minimum absolute atomic E-state index is 0. The summed E-state index contributed by atoms with van der Waals surface area (Å²) in [5, 5.41) is 0. The average Bonchev–Trinajstić information content (AvgIpc) is 2.87. The molecular formula is C32H54Br2N2.